The second-order valence-corrected chi connectivity index (χ2v) is 12.6. The van der Waals surface area contributed by atoms with E-state index in [4.69, 9.17) is 9.47 Å². The molecule has 14 heteroatoms. The van der Waals surface area contributed by atoms with Crippen molar-refractivity contribution >= 4 is 17.9 Å². The molecule has 268 valence electrons. The van der Waals surface area contributed by atoms with Gasteiger partial charge in [0.15, 0.2) is 0 Å². The quantitative estimate of drug-likeness (QED) is 0.238. The van der Waals surface area contributed by atoms with Crippen LogP contribution in [0.1, 0.15) is 66.5 Å². The lowest BCUT2D eigenvalue weighted by Crippen LogP contribution is -2.71. The largest absolute Gasteiger partial charge is 0.445 e. The molecule has 2 fully saturated rings. The van der Waals surface area contributed by atoms with Crippen LogP contribution in [0.5, 0.6) is 0 Å². The molecule has 8 nitrogen and oxygen atoms in total. The van der Waals surface area contributed by atoms with Crippen molar-refractivity contribution in [2.24, 2.45) is 0 Å². The summed E-state index contributed by atoms with van der Waals surface area (Å²) in [5.41, 5.74) is -5.03. The molecule has 0 radical (unpaired) electrons. The van der Waals surface area contributed by atoms with Gasteiger partial charge in [0, 0.05) is 20.0 Å². The van der Waals surface area contributed by atoms with Crippen molar-refractivity contribution in [3.8, 4) is 0 Å². The van der Waals surface area contributed by atoms with Crippen molar-refractivity contribution in [1.29, 1.82) is 0 Å². The summed E-state index contributed by atoms with van der Waals surface area (Å²) in [6, 6.07) is 18.7. The number of rotatable bonds is 9. The van der Waals surface area contributed by atoms with Crippen molar-refractivity contribution in [1.82, 2.24) is 15.1 Å². The highest BCUT2D eigenvalue weighted by Crippen LogP contribution is 2.46. The molecule has 3 aromatic rings. The van der Waals surface area contributed by atoms with Crippen LogP contribution < -0.4 is 5.32 Å². The lowest BCUT2D eigenvalue weighted by atomic mass is 9.73. The molecule has 2 saturated heterocycles. The van der Waals surface area contributed by atoms with E-state index in [1.54, 1.807) is 60.7 Å². The van der Waals surface area contributed by atoms with E-state index in [9.17, 15) is 40.7 Å². The summed E-state index contributed by atoms with van der Waals surface area (Å²) in [5, 5.41) is 2.64. The van der Waals surface area contributed by atoms with Gasteiger partial charge in [-0.25, -0.2) is 4.79 Å². The predicted octanol–water partition coefficient (Wildman–Crippen LogP) is 7.24. The number of ether oxygens (including phenoxy) is 2. The normalized spacial score (nSPS) is 22.0. The van der Waals surface area contributed by atoms with Crippen LogP contribution in [0, 0.1) is 0 Å². The van der Waals surface area contributed by atoms with Crippen LogP contribution >= 0.6 is 0 Å². The van der Waals surface area contributed by atoms with E-state index >= 15 is 0 Å². The Balaban J connectivity index is 1.57. The number of piperidine rings is 1. The third-order valence-corrected chi connectivity index (χ3v) is 9.52. The van der Waals surface area contributed by atoms with E-state index in [1.165, 1.54) is 23.8 Å². The molecule has 2 heterocycles. The zero-order valence-electron chi connectivity index (χ0n) is 27.4. The van der Waals surface area contributed by atoms with Crippen LogP contribution in [0.3, 0.4) is 0 Å². The number of nitrogens with zero attached hydrogens (tertiary/aromatic N) is 2. The SMILES string of the molecule is CNC(=O)C1(N2CCCC2=O)CC[C@@](COC(C)c2cc(C(F)(F)F)cc(C(F)(F)F)c2)(c2ccccc2)N(C(=O)OCc2ccccc2)C1. The number of benzene rings is 3. The average Bonchev–Trinajstić information content (AvgIpc) is 3.55. The fraction of sp³-hybridized carbons (Fsp3) is 0.417. The maximum absolute atomic E-state index is 14.2. The molecule has 50 heavy (non-hydrogen) atoms. The molecule has 0 spiro atoms. The van der Waals surface area contributed by atoms with Gasteiger partial charge in [-0.05, 0) is 61.1 Å². The van der Waals surface area contributed by atoms with Crippen molar-refractivity contribution in [3.05, 3.63) is 107 Å². The van der Waals surface area contributed by atoms with E-state index in [0.717, 1.165) is 0 Å². The van der Waals surface area contributed by atoms with Crippen LogP contribution in [-0.2, 0) is 43.6 Å². The summed E-state index contributed by atoms with van der Waals surface area (Å²) < 4.78 is 94.1. The fourth-order valence-electron chi connectivity index (χ4n) is 6.79. The minimum Gasteiger partial charge on any atom is -0.445 e. The van der Waals surface area contributed by atoms with Crippen LogP contribution in [-0.4, -0.2) is 60.0 Å². The van der Waals surface area contributed by atoms with Crippen molar-refractivity contribution in [2.45, 2.75) is 68.7 Å². The van der Waals surface area contributed by atoms with Crippen molar-refractivity contribution in [2.75, 3.05) is 26.7 Å². The van der Waals surface area contributed by atoms with E-state index in [0.29, 0.717) is 29.7 Å². The van der Waals surface area contributed by atoms with Gasteiger partial charge >= 0.3 is 18.4 Å². The summed E-state index contributed by atoms with van der Waals surface area (Å²) in [6.45, 7) is 0.752. The van der Waals surface area contributed by atoms with Gasteiger partial charge in [0.1, 0.15) is 12.1 Å². The molecule has 0 aromatic heterocycles. The summed E-state index contributed by atoms with van der Waals surface area (Å²) in [6.07, 6.45) is -11.4. The van der Waals surface area contributed by atoms with E-state index < -0.39 is 59.3 Å². The summed E-state index contributed by atoms with van der Waals surface area (Å²) in [7, 11) is 1.43. The van der Waals surface area contributed by atoms with E-state index in [-0.39, 0.29) is 56.5 Å². The molecule has 5 rings (SSSR count). The van der Waals surface area contributed by atoms with Crippen molar-refractivity contribution in [3.63, 3.8) is 0 Å². The third-order valence-electron chi connectivity index (χ3n) is 9.52. The van der Waals surface area contributed by atoms with Gasteiger partial charge in [0.05, 0.1) is 35.9 Å². The Labute approximate surface area is 285 Å². The zero-order valence-corrected chi connectivity index (χ0v) is 27.4. The monoisotopic (exact) mass is 705 g/mol. The number of carbonyl (C=O) groups is 3. The molecule has 1 N–H and O–H groups in total. The Bertz CT molecular complexity index is 1650. The molecule has 2 unspecified atom stereocenters. The molecule has 0 aliphatic carbocycles. The number of likely N-dealkylation sites (N-methyl/N-ethyl adjacent to an activating group) is 1. The highest BCUT2D eigenvalue weighted by molar-refractivity contribution is 5.93. The van der Waals surface area contributed by atoms with Gasteiger partial charge in [-0.1, -0.05) is 60.7 Å². The minimum absolute atomic E-state index is 0.0256. The molecule has 3 aromatic carbocycles. The highest BCUT2D eigenvalue weighted by Gasteiger charge is 2.58. The number of alkyl halides is 6. The van der Waals surface area contributed by atoms with Gasteiger partial charge in [-0.3, -0.25) is 14.5 Å². The first-order valence-electron chi connectivity index (χ1n) is 16.1. The molecule has 0 bridgehead atoms. The first kappa shape index (κ1) is 36.7. The summed E-state index contributed by atoms with van der Waals surface area (Å²) in [4.78, 5) is 43.8. The summed E-state index contributed by atoms with van der Waals surface area (Å²) in [5.74, 6) is -0.749. The zero-order chi connectivity index (χ0) is 36.3. The Morgan fingerprint density at radius 2 is 1.50 bits per heavy atom. The second-order valence-electron chi connectivity index (χ2n) is 12.6. The van der Waals surface area contributed by atoms with Crippen molar-refractivity contribution < 1.29 is 50.2 Å². The number of amides is 3. The van der Waals surface area contributed by atoms with Crippen LogP contribution in [0.15, 0.2) is 78.9 Å². The van der Waals surface area contributed by atoms with Gasteiger partial charge in [0.25, 0.3) is 0 Å². The lowest BCUT2D eigenvalue weighted by molar-refractivity contribution is -0.155. The standard InChI is InChI=1S/C36H37F6N3O5/c1-24(26-18-28(35(37,38)39)20-29(19-26)36(40,41)42)50-23-34(27-12-7-4-8-13-27)16-15-33(31(47)43-2,44-17-9-14-30(44)46)22-45(34)32(48)49-21-25-10-5-3-6-11-25/h3-8,10-13,18-20,24H,9,14-17,21-23H2,1-2H3,(H,43,47)/t24?,33?,34-/m1/s1. The Morgan fingerprint density at radius 1 is 0.900 bits per heavy atom. The van der Waals surface area contributed by atoms with Crippen LogP contribution in [0.4, 0.5) is 31.1 Å². The Kier molecular flexibility index (Phi) is 10.5. The number of likely N-dealkylation sites (tertiary alicyclic amines) is 2. The summed E-state index contributed by atoms with van der Waals surface area (Å²) >= 11 is 0. The van der Waals surface area contributed by atoms with E-state index in [1.807, 2.05) is 0 Å². The Hall–Kier alpha value is -4.59. The smallest absolute Gasteiger partial charge is 0.416 e. The third kappa shape index (κ3) is 7.44. The minimum atomic E-state index is -5.06. The predicted molar refractivity (Wildman–Crippen MR) is 169 cm³/mol. The number of halogens is 6. The average molecular weight is 706 g/mol. The number of carbonyl (C=O) groups excluding carboxylic acids is 3. The van der Waals surface area contributed by atoms with Gasteiger partial charge < -0.3 is 19.7 Å². The number of nitrogens with one attached hydrogen (secondary N) is 1. The number of hydrogen-bond donors (Lipinski definition) is 1. The molecule has 2 aliphatic heterocycles. The fourth-order valence-corrected chi connectivity index (χ4v) is 6.79. The Morgan fingerprint density at radius 3 is 2.04 bits per heavy atom. The van der Waals surface area contributed by atoms with Crippen LogP contribution in [0.2, 0.25) is 0 Å². The molecule has 2 aliphatic rings. The lowest BCUT2D eigenvalue weighted by Gasteiger charge is -2.55. The van der Waals surface area contributed by atoms with Crippen LogP contribution in [0.25, 0.3) is 0 Å². The first-order valence-corrected chi connectivity index (χ1v) is 16.1. The second kappa shape index (κ2) is 14.3. The first-order chi connectivity index (χ1) is 23.6. The van der Waals surface area contributed by atoms with Gasteiger partial charge in [-0.2, -0.15) is 26.3 Å². The topological polar surface area (TPSA) is 88.2 Å². The maximum atomic E-state index is 14.2. The van der Waals surface area contributed by atoms with Gasteiger partial charge in [-0.15, -0.1) is 0 Å². The molecular weight excluding hydrogens is 668 g/mol. The molecule has 0 saturated carbocycles. The molecular formula is C36H37F6N3O5. The maximum Gasteiger partial charge on any atom is 0.416 e. The van der Waals surface area contributed by atoms with E-state index in [2.05, 4.69) is 5.32 Å². The van der Waals surface area contributed by atoms with Gasteiger partial charge in [0.2, 0.25) is 11.8 Å². The highest BCUT2D eigenvalue weighted by atomic mass is 19.4. The molecule has 3 atom stereocenters. The molecule has 3 amide bonds. The number of hydrogen-bond acceptors (Lipinski definition) is 5.